The van der Waals surface area contributed by atoms with Crippen LogP contribution in [0.2, 0.25) is 0 Å². The minimum absolute atomic E-state index is 0. The maximum atomic E-state index is 13.7. The Kier molecular flexibility index (Phi) is 9.93. The molecule has 1 aliphatic heterocycles. The highest BCUT2D eigenvalue weighted by atomic mass is 35.5. The summed E-state index contributed by atoms with van der Waals surface area (Å²) >= 11 is 1.26. The summed E-state index contributed by atoms with van der Waals surface area (Å²) in [6.45, 7) is 7.71. The van der Waals surface area contributed by atoms with E-state index in [2.05, 4.69) is 9.88 Å². The quantitative estimate of drug-likeness (QED) is 0.347. The minimum atomic E-state index is -3.58. The lowest BCUT2D eigenvalue weighted by molar-refractivity contribution is 0.0983. The zero-order chi connectivity index (χ0) is 26.8. The molecule has 1 saturated heterocycles. The van der Waals surface area contributed by atoms with E-state index >= 15 is 0 Å². The molecule has 0 aliphatic carbocycles. The number of sulfone groups is 1. The lowest BCUT2D eigenvalue weighted by Crippen LogP contribution is -2.39. The third kappa shape index (κ3) is 6.37. The first kappa shape index (κ1) is 30.5. The van der Waals surface area contributed by atoms with E-state index in [1.54, 1.807) is 17.0 Å². The molecule has 0 bridgehead atoms. The SMILES string of the molecule is CCN(CC)CCN(C(=O)c1ccc(S(=O)(=O)N2CCCC2)cc1)c1nc2c(S(C)(=O)=O)cccc2s1.Cl. The summed E-state index contributed by atoms with van der Waals surface area (Å²) in [6.07, 6.45) is 2.84. The molecule has 2 heterocycles. The normalized spacial score (nSPS) is 14.6. The van der Waals surface area contributed by atoms with Gasteiger partial charge in [0.15, 0.2) is 15.0 Å². The van der Waals surface area contributed by atoms with Crippen molar-refractivity contribution in [1.82, 2.24) is 14.2 Å². The van der Waals surface area contributed by atoms with Crippen molar-refractivity contribution in [2.24, 2.45) is 0 Å². The van der Waals surface area contributed by atoms with E-state index in [-0.39, 0.29) is 28.1 Å². The van der Waals surface area contributed by atoms with Crippen molar-refractivity contribution in [2.75, 3.05) is 50.4 Å². The van der Waals surface area contributed by atoms with Gasteiger partial charge in [0.1, 0.15) is 5.52 Å². The molecule has 1 aliphatic rings. The first-order valence-electron chi connectivity index (χ1n) is 12.3. The maximum absolute atomic E-state index is 13.7. The van der Waals surface area contributed by atoms with Gasteiger partial charge < -0.3 is 4.90 Å². The highest BCUT2D eigenvalue weighted by molar-refractivity contribution is 7.91. The number of carbonyl (C=O) groups is 1. The second-order valence-electron chi connectivity index (χ2n) is 8.99. The molecule has 208 valence electrons. The summed E-state index contributed by atoms with van der Waals surface area (Å²) in [4.78, 5) is 22.3. The Morgan fingerprint density at radius 2 is 1.61 bits per heavy atom. The molecule has 0 atom stereocenters. The topological polar surface area (TPSA) is 108 Å². The van der Waals surface area contributed by atoms with E-state index < -0.39 is 19.9 Å². The van der Waals surface area contributed by atoms with E-state index in [1.807, 2.05) is 13.8 Å². The lowest BCUT2D eigenvalue weighted by Gasteiger charge is -2.25. The number of thiazole rings is 1. The number of likely N-dealkylation sites (N-methyl/N-ethyl adjacent to an activating group) is 1. The van der Waals surface area contributed by atoms with Gasteiger partial charge in [-0.2, -0.15) is 4.31 Å². The number of hydrogen-bond donors (Lipinski definition) is 0. The number of aromatic nitrogens is 1. The average molecular weight is 601 g/mol. The molecule has 1 aromatic heterocycles. The zero-order valence-electron chi connectivity index (χ0n) is 21.7. The molecule has 9 nitrogen and oxygen atoms in total. The number of para-hydroxylation sites is 1. The summed E-state index contributed by atoms with van der Waals surface area (Å²) in [5, 5.41) is 0.400. The van der Waals surface area contributed by atoms with E-state index in [4.69, 9.17) is 0 Å². The van der Waals surface area contributed by atoms with Crippen LogP contribution in [0.4, 0.5) is 5.13 Å². The van der Waals surface area contributed by atoms with Crippen LogP contribution in [-0.4, -0.2) is 82.5 Å². The number of carbonyl (C=O) groups excluding carboxylic acids is 1. The van der Waals surface area contributed by atoms with E-state index in [0.717, 1.165) is 32.2 Å². The third-order valence-electron chi connectivity index (χ3n) is 6.58. The molecule has 1 fully saturated rings. The second kappa shape index (κ2) is 12.4. The van der Waals surface area contributed by atoms with Crippen molar-refractivity contribution in [2.45, 2.75) is 36.5 Å². The Bertz CT molecular complexity index is 1480. The Morgan fingerprint density at radius 3 is 2.18 bits per heavy atom. The monoisotopic (exact) mass is 600 g/mol. The van der Waals surface area contributed by atoms with Gasteiger partial charge in [-0.1, -0.05) is 31.3 Å². The van der Waals surface area contributed by atoms with E-state index in [0.29, 0.717) is 47.1 Å². The number of benzene rings is 2. The van der Waals surface area contributed by atoms with Gasteiger partial charge in [0.05, 0.1) is 14.5 Å². The van der Waals surface area contributed by atoms with Gasteiger partial charge in [0.25, 0.3) is 5.91 Å². The number of nitrogens with zero attached hydrogens (tertiary/aromatic N) is 4. The van der Waals surface area contributed by atoms with E-state index in [1.165, 1.54) is 46.0 Å². The maximum Gasteiger partial charge on any atom is 0.260 e. The van der Waals surface area contributed by atoms with Crippen LogP contribution in [0.5, 0.6) is 0 Å². The summed E-state index contributed by atoms with van der Waals surface area (Å²) in [7, 11) is -7.09. The fourth-order valence-electron chi connectivity index (χ4n) is 4.39. The largest absolute Gasteiger partial charge is 0.302 e. The van der Waals surface area contributed by atoms with Crippen LogP contribution in [0.25, 0.3) is 10.2 Å². The molecule has 0 radical (unpaired) electrons. The molecule has 4 rings (SSSR count). The Balaban J connectivity index is 0.00000400. The van der Waals surface area contributed by atoms with Crippen molar-refractivity contribution in [3.8, 4) is 0 Å². The number of halogens is 1. The minimum Gasteiger partial charge on any atom is -0.302 e. The van der Waals surface area contributed by atoms with Crippen LogP contribution in [0.1, 0.15) is 37.0 Å². The van der Waals surface area contributed by atoms with Crippen LogP contribution >= 0.6 is 23.7 Å². The number of amides is 1. The Hall–Kier alpha value is -2.09. The number of sulfonamides is 1. The van der Waals surface area contributed by atoms with Gasteiger partial charge in [0.2, 0.25) is 10.0 Å². The van der Waals surface area contributed by atoms with Gasteiger partial charge in [-0.3, -0.25) is 9.69 Å². The lowest BCUT2D eigenvalue weighted by atomic mass is 10.2. The van der Waals surface area contributed by atoms with Crippen molar-refractivity contribution in [1.29, 1.82) is 0 Å². The smallest absolute Gasteiger partial charge is 0.260 e. The van der Waals surface area contributed by atoms with Crippen molar-refractivity contribution >= 4 is 64.9 Å². The fraction of sp³-hybridized carbons (Fsp3) is 0.440. The average Bonchev–Trinajstić information content (AvgIpc) is 3.56. The molecule has 13 heteroatoms. The van der Waals surface area contributed by atoms with Crippen molar-refractivity contribution in [3.05, 3.63) is 48.0 Å². The number of hydrogen-bond acceptors (Lipinski definition) is 8. The third-order valence-corrected chi connectivity index (χ3v) is 10.7. The highest BCUT2D eigenvalue weighted by Gasteiger charge is 2.28. The summed E-state index contributed by atoms with van der Waals surface area (Å²) in [5.41, 5.74) is 0.681. The van der Waals surface area contributed by atoms with Crippen molar-refractivity contribution in [3.63, 3.8) is 0 Å². The summed E-state index contributed by atoms with van der Waals surface area (Å²) in [5.74, 6) is -0.322. The molecule has 1 amide bonds. The van der Waals surface area contributed by atoms with Crippen molar-refractivity contribution < 1.29 is 21.6 Å². The zero-order valence-corrected chi connectivity index (χ0v) is 24.9. The van der Waals surface area contributed by atoms with Crippen LogP contribution in [-0.2, 0) is 19.9 Å². The predicted molar refractivity (Wildman–Crippen MR) is 154 cm³/mol. The standard InChI is InChI=1S/C25H32N4O5S3.ClH/c1-4-27(5-2)17-18-29(25-26-23-21(35-25)9-8-10-22(23)36(3,31)32)24(30)19-11-13-20(14-12-19)37(33,34)28-15-6-7-16-28;/h8-14H,4-7,15-18H2,1-3H3;1H. The van der Waals surface area contributed by atoms with E-state index in [9.17, 15) is 21.6 Å². The molecule has 38 heavy (non-hydrogen) atoms. The molecular formula is C25H33ClN4O5S3. The molecule has 0 saturated carbocycles. The molecule has 0 N–H and O–H groups in total. The second-order valence-corrected chi connectivity index (χ2v) is 13.9. The molecule has 0 unspecified atom stereocenters. The van der Waals surface area contributed by atoms with Crippen LogP contribution in [0.3, 0.4) is 0 Å². The molecule has 3 aromatic rings. The Morgan fingerprint density at radius 1 is 0.974 bits per heavy atom. The summed E-state index contributed by atoms with van der Waals surface area (Å²) in [6, 6.07) is 11.0. The molecule has 2 aromatic carbocycles. The first-order chi connectivity index (χ1) is 17.6. The number of fused-ring (bicyclic) bond motifs is 1. The Labute approximate surface area is 234 Å². The van der Waals surface area contributed by atoms with Crippen LogP contribution < -0.4 is 4.90 Å². The van der Waals surface area contributed by atoms with Gasteiger partial charge in [0, 0.05) is 38.0 Å². The fourth-order valence-corrected chi connectivity index (χ4v) is 7.83. The number of rotatable bonds is 10. The molecule has 0 spiro atoms. The van der Waals surface area contributed by atoms with Gasteiger partial charge in [-0.15, -0.1) is 12.4 Å². The predicted octanol–water partition coefficient (Wildman–Crippen LogP) is 3.89. The van der Waals surface area contributed by atoms with Gasteiger partial charge in [-0.05, 0) is 62.3 Å². The van der Waals surface area contributed by atoms with Gasteiger partial charge >= 0.3 is 0 Å². The summed E-state index contributed by atoms with van der Waals surface area (Å²) < 4.78 is 52.5. The van der Waals surface area contributed by atoms with Crippen LogP contribution in [0, 0.1) is 0 Å². The van der Waals surface area contributed by atoms with Crippen LogP contribution in [0.15, 0.2) is 52.3 Å². The molecular weight excluding hydrogens is 568 g/mol. The van der Waals surface area contributed by atoms with Gasteiger partial charge in [-0.25, -0.2) is 21.8 Å². The first-order valence-corrected chi connectivity index (χ1v) is 16.4. The highest BCUT2D eigenvalue weighted by Crippen LogP contribution is 2.33. The number of anilines is 1.